The Hall–Kier alpha value is -1.42. The van der Waals surface area contributed by atoms with Gasteiger partial charge < -0.3 is 9.47 Å². The van der Waals surface area contributed by atoms with E-state index in [1.807, 2.05) is 6.92 Å². The Morgan fingerprint density at radius 3 is 2.36 bits per heavy atom. The second-order valence-corrected chi connectivity index (χ2v) is 15.9. The number of alkyl halides is 6. The molecule has 266 valence electrons. The van der Waals surface area contributed by atoms with Crippen LogP contribution in [0.3, 0.4) is 0 Å². The minimum atomic E-state index is -5.46. The number of halogens is 6. The summed E-state index contributed by atoms with van der Waals surface area (Å²) in [6, 6.07) is 4.40. The van der Waals surface area contributed by atoms with E-state index in [-0.39, 0.29) is 36.2 Å². The molecule has 0 radical (unpaired) electrons. The van der Waals surface area contributed by atoms with Crippen LogP contribution in [0.1, 0.15) is 132 Å². The third kappa shape index (κ3) is 8.85. The molecule has 0 bridgehead atoms. The fourth-order valence-electron chi connectivity index (χ4n) is 8.74. The van der Waals surface area contributed by atoms with Crippen molar-refractivity contribution in [1.82, 2.24) is 0 Å². The minimum absolute atomic E-state index is 0.140. The average molecular weight is 691 g/mol. The van der Waals surface area contributed by atoms with Crippen LogP contribution in [0.4, 0.5) is 26.3 Å². The zero-order valence-corrected chi connectivity index (χ0v) is 28.6. The standard InChI is InChI=1S/C37H52F6O3S/c1-35-24-30(38)34-27(29(35)16-17-32(35)44)15-14-25-23-31(46-33-13-8-9-19-45-33)26(22-28(25)34)12-7-5-3-2-4-6-10-20-47-21-11-18-36(39,40)37(41,42)43/h22-23,27,29-30,33-34H,2-21,24H2,1H3/t27-,29-,30-,33?,34-,35-/m0/s1. The number of unbranched alkanes of at least 4 members (excludes halogenated alkanes) is 6. The van der Waals surface area contributed by atoms with Crippen LogP contribution in [0.15, 0.2) is 12.1 Å². The summed E-state index contributed by atoms with van der Waals surface area (Å²) in [5.74, 6) is -2.05. The molecule has 1 aromatic carbocycles. The minimum Gasteiger partial charge on any atom is -0.465 e. The van der Waals surface area contributed by atoms with Crippen LogP contribution < -0.4 is 4.74 Å². The fraction of sp³-hybridized carbons (Fsp3) is 0.811. The van der Waals surface area contributed by atoms with Crippen LogP contribution >= 0.6 is 11.8 Å². The van der Waals surface area contributed by atoms with E-state index < -0.39 is 30.1 Å². The Morgan fingerprint density at radius 1 is 0.915 bits per heavy atom. The molecule has 0 amide bonds. The molecule has 10 heteroatoms. The summed E-state index contributed by atoms with van der Waals surface area (Å²) >= 11 is 1.45. The van der Waals surface area contributed by atoms with Crippen molar-refractivity contribution in [2.45, 2.75) is 153 Å². The SMILES string of the molecule is C[C@]12C[C@H](F)[C@@H]3c4cc(CCCCCCCCCSCCCC(F)(F)C(F)(F)F)c(OC5CCCCO5)cc4CC[C@H]3[C@@H]1CCC2=O. The highest BCUT2D eigenvalue weighted by Gasteiger charge is 2.58. The van der Waals surface area contributed by atoms with E-state index in [1.165, 1.54) is 17.3 Å². The molecule has 4 aliphatic rings. The third-order valence-corrected chi connectivity index (χ3v) is 12.5. The smallest absolute Gasteiger partial charge is 0.453 e. The van der Waals surface area contributed by atoms with Gasteiger partial charge in [0, 0.05) is 30.6 Å². The van der Waals surface area contributed by atoms with Crippen molar-refractivity contribution in [2.75, 3.05) is 18.1 Å². The molecule has 1 aliphatic heterocycles. The van der Waals surface area contributed by atoms with Gasteiger partial charge in [-0.2, -0.15) is 33.7 Å². The number of Topliss-reactive ketones (excluding diaryl/α,β-unsaturated/α-hetero) is 1. The van der Waals surface area contributed by atoms with E-state index in [0.717, 1.165) is 113 Å². The van der Waals surface area contributed by atoms with Crippen molar-refractivity contribution < 1.29 is 40.6 Å². The highest BCUT2D eigenvalue weighted by atomic mass is 32.2. The molecule has 2 saturated carbocycles. The van der Waals surface area contributed by atoms with E-state index in [2.05, 4.69) is 12.1 Å². The number of aryl methyl sites for hydroxylation is 2. The number of hydrogen-bond donors (Lipinski definition) is 0. The van der Waals surface area contributed by atoms with Crippen LogP contribution in [-0.2, 0) is 22.4 Å². The number of carbonyl (C=O) groups excluding carboxylic acids is 1. The Balaban J connectivity index is 1.09. The quantitative estimate of drug-likeness (QED) is 0.128. The van der Waals surface area contributed by atoms with E-state index in [1.54, 1.807) is 0 Å². The summed E-state index contributed by atoms with van der Waals surface area (Å²) in [6.45, 7) is 2.71. The number of benzene rings is 1. The molecule has 3 nitrogen and oxygen atoms in total. The van der Waals surface area contributed by atoms with Gasteiger partial charge in [-0.05, 0) is 110 Å². The molecule has 0 spiro atoms. The van der Waals surface area contributed by atoms with Crippen LogP contribution in [0.2, 0.25) is 0 Å². The Bertz CT molecular complexity index is 1190. The first-order valence-corrected chi connectivity index (χ1v) is 19.2. The predicted octanol–water partition coefficient (Wildman–Crippen LogP) is 10.9. The molecule has 5 rings (SSSR count). The number of rotatable bonds is 16. The molecule has 1 heterocycles. The largest absolute Gasteiger partial charge is 0.465 e. The van der Waals surface area contributed by atoms with Crippen molar-refractivity contribution in [3.63, 3.8) is 0 Å². The molecule has 3 aliphatic carbocycles. The number of hydrogen-bond acceptors (Lipinski definition) is 4. The first-order chi connectivity index (χ1) is 22.4. The van der Waals surface area contributed by atoms with Crippen LogP contribution in [-0.4, -0.2) is 48.5 Å². The number of fused-ring (bicyclic) bond motifs is 5. The van der Waals surface area contributed by atoms with Gasteiger partial charge in [0.2, 0.25) is 0 Å². The van der Waals surface area contributed by atoms with Crippen molar-refractivity contribution in [1.29, 1.82) is 0 Å². The molecule has 0 N–H and O–H groups in total. The van der Waals surface area contributed by atoms with Crippen LogP contribution in [0.5, 0.6) is 5.75 Å². The fourth-order valence-corrected chi connectivity index (χ4v) is 9.70. The van der Waals surface area contributed by atoms with Crippen molar-refractivity contribution in [3.05, 3.63) is 28.8 Å². The molecule has 1 unspecified atom stereocenters. The Morgan fingerprint density at radius 2 is 1.64 bits per heavy atom. The maximum Gasteiger partial charge on any atom is 0.453 e. The van der Waals surface area contributed by atoms with Gasteiger partial charge in [-0.15, -0.1) is 0 Å². The zero-order valence-electron chi connectivity index (χ0n) is 27.8. The maximum atomic E-state index is 16.0. The summed E-state index contributed by atoms with van der Waals surface area (Å²) in [5, 5.41) is 0. The van der Waals surface area contributed by atoms with Crippen molar-refractivity contribution in [3.8, 4) is 5.75 Å². The summed E-state index contributed by atoms with van der Waals surface area (Å²) in [7, 11) is 0. The lowest BCUT2D eigenvalue weighted by atomic mass is 9.55. The average Bonchev–Trinajstić information content (AvgIpc) is 3.32. The van der Waals surface area contributed by atoms with Gasteiger partial charge in [0.05, 0.1) is 6.61 Å². The maximum absolute atomic E-state index is 16.0. The summed E-state index contributed by atoms with van der Waals surface area (Å²) in [4.78, 5) is 12.8. The normalized spacial score (nSPS) is 29.3. The van der Waals surface area contributed by atoms with E-state index in [4.69, 9.17) is 9.47 Å². The third-order valence-electron chi connectivity index (χ3n) is 11.4. The highest BCUT2D eigenvalue weighted by Crippen LogP contribution is 2.60. The predicted molar refractivity (Wildman–Crippen MR) is 174 cm³/mol. The van der Waals surface area contributed by atoms with E-state index >= 15 is 4.39 Å². The first-order valence-electron chi connectivity index (χ1n) is 18.0. The van der Waals surface area contributed by atoms with Gasteiger partial charge >= 0.3 is 12.1 Å². The first kappa shape index (κ1) is 36.9. The lowest BCUT2D eigenvalue weighted by Crippen LogP contribution is -2.47. The van der Waals surface area contributed by atoms with Gasteiger partial charge in [0.25, 0.3) is 0 Å². The summed E-state index contributed by atoms with van der Waals surface area (Å²) in [6.07, 6.45) is 6.75. The van der Waals surface area contributed by atoms with Crippen LogP contribution in [0, 0.1) is 17.3 Å². The molecule has 1 aromatic rings. The molecular formula is C37H52F6O3S. The lowest BCUT2D eigenvalue weighted by molar-refractivity contribution is -0.284. The molecule has 1 saturated heterocycles. The topological polar surface area (TPSA) is 35.5 Å². The molecule has 0 aromatic heterocycles. The van der Waals surface area contributed by atoms with Gasteiger partial charge in [-0.25, -0.2) is 4.39 Å². The Kier molecular flexibility index (Phi) is 12.6. The second-order valence-electron chi connectivity index (χ2n) is 14.6. The second kappa shape index (κ2) is 16.1. The Labute approximate surface area is 280 Å². The molecular weight excluding hydrogens is 638 g/mol. The highest BCUT2D eigenvalue weighted by molar-refractivity contribution is 7.99. The van der Waals surface area contributed by atoms with E-state index in [0.29, 0.717) is 25.2 Å². The van der Waals surface area contributed by atoms with Crippen molar-refractivity contribution in [2.24, 2.45) is 17.3 Å². The number of thioether (sulfide) groups is 1. The van der Waals surface area contributed by atoms with E-state index in [9.17, 15) is 26.7 Å². The summed E-state index contributed by atoms with van der Waals surface area (Å²) in [5.41, 5.74) is 2.94. The molecule has 6 atom stereocenters. The number of ether oxygens (including phenoxy) is 2. The van der Waals surface area contributed by atoms with Crippen LogP contribution in [0.25, 0.3) is 0 Å². The van der Waals surface area contributed by atoms with Gasteiger partial charge in [0.1, 0.15) is 17.7 Å². The summed E-state index contributed by atoms with van der Waals surface area (Å²) < 4.78 is 91.1. The zero-order chi connectivity index (χ0) is 33.7. The monoisotopic (exact) mass is 690 g/mol. The number of ketones is 1. The van der Waals surface area contributed by atoms with Crippen molar-refractivity contribution >= 4 is 17.5 Å². The molecule has 3 fully saturated rings. The van der Waals surface area contributed by atoms with Gasteiger partial charge in [0.15, 0.2) is 6.29 Å². The molecule has 47 heavy (non-hydrogen) atoms. The van der Waals surface area contributed by atoms with Gasteiger partial charge in [-0.3, -0.25) is 4.79 Å². The lowest BCUT2D eigenvalue weighted by Gasteiger charge is -2.50. The number of carbonyl (C=O) groups is 1. The van der Waals surface area contributed by atoms with Gasteiger partial charge in [-0.1, -0.05) is 45.1 Å².